The van der Waals surface area contributed by atoms with Crippen molar-refractivity contribution in [3.05, 3.63) is 83.4 Å². The topological polar surface area (TPSA) is 120 Å². The third-order valence-corrected chi connectivity index (χ3v) is 8.24. The lowest BCUT2D eigenvalue weighted by molar-refractivity contribution is -0.121. The predicted molar refractivity (Wildman–Crippen MR) is 178 cm³/mol. The third kappa shape index (κ3) is 10.7. The highest BCUT2D eigenvalue weighted by Crippen LogP contribution is 2.28. The molecule has 0 spiro atoms. The quantitative estimate of drug-likeness (QED) is 0.161. The number of amides is 3. The van der Waals surface area contributed by atoms with E-state index in [0.717, 1.165) is 78.7 Å². The van der Waals surface area contributed by atoms with Crippen molar-refractivity contribution in [3.8, 4) is 11.1 Å². The van der Waals surface area contributed by atoms with Gasteiger partial charge in [0.1, 0.15) is 6.10 Å². The summed E-state index contributed by atoms with van der Waals surface area (Å²) in [6.07, 6.45) is 4.15. The number of carbonyl (C=O) groups excluding carboxylic acids is 3. The summed E-state index contributed by atoms with van der Waals surface area (Å²) in [6, 6.07) is 21.4. The number of anilines is 2. The number of ether oxygens (including phenoxy) is 1. The van der Waals surface area contributed by atoms with Crippen LogP contribution in [0.3, 0.4) is 0 Å². The Morgan fingerprint density at radius 2 is 1.56 bits per heavy atom. The van der Waals surface area contributed by atoms with Gasteiger partial charge in [0.05, 0.1) is 12.3 Å². The van der Waals surface area contributed by atoms with Crippen molar-refractivity contribution in [3.63, 3.8) is 0 Å². The van der Waals surface area contributed by atoms with E-state index in [0.29, 0.717) is 31.6 Å². The van der Waals surface area contributed by atoms with E-state index in [9.17, 15) is 19.5 Å². The van der Waals surface area contributed by atoms with Crippen LogP contribution in [-0.2, 0) is 20.9 Å². The second kappa shape index (κ2) is 17.3. The lowest BCUT2D eigenvalue weighted by Crippen LogP contribution is -2.40. The van der Waals surface area contributed by atoms with Gasteiger partial charge in [-0.3, -0.25) is 14.9 Å². The molecule has 0 aliphatic carbocycles. The molecule has 0 bridgehead atoms. The van der Waals surface area contributed by atoms with Gasteiger partial charge in [0.25, 0.3) is 0 Å². The zero-order valence-corrected chi connectivity index (χ0v) is 26.4. The van der Waals surface area contributed by atoms with Gasteiger partial charge in [-0.15, -0.1) is 0 Å². The standard InChI is InChI=1S/C36H46N4O5/c1-26-24-33(27(2)23-29(26)25-41)38-35(43)15-7-4-10-19-37-34(42)18-22-40-20-16-30(17-21-40)45-36(44)39-32-14-9-8-13-31(32)28-11-5-3-6-12-28/h3,5-6,8-9,11-14,23-24,30,41H,4,7,10,15-22,25H2,1-2H3,(H,37,42)(H,38,43)(H,39,44). The van der Waals surface area contributed by atoms with Crippen molar-refractivity contribution in [2.45, 2.75) is 71.5 Å². The molecule has 3 amide bonds. The Hall–Kier alpha value is -4.21. The molecular formula is C36H46N4O5. The van der Waals surface area contributed by atoms with Crippen LogP contribution in [-0.4, -0.2) is 60.2 Å². The Balaban J connectivity index is 1.05. The number of rotatable bonds is 14. The van der Waals surface area contributed by atoms with Crippen LogP contribution < -0.4 is 16.0 Å². The first kappa shape index (κ1) is 33.7. The fraction of sp³-hybridized carbons (Fsp3) is 0.417. The SMILES string of the molecule is Cc1cc(NC(=O)CCCCCNC(=O)CCN2CCC(OC(=O)Nc3ccccc3-c3ccccc3)CC2)c(C)cc1CO. The highest BCUT2D eigenvalue weighted by Gasteiger charge is 2.23. The largest absolute Gasteiger partial charge is 0.446 e. The number of unbranched alkanes of at least 4 members (excludes halogenated alkanes) is 2. The summed E-state index contributed by atoms with van der Waals surface area (Å²) in [7, 11) is 0. The van der Waals surface area contributed by atoms with Gasteiger partial charge in [-0.05, 0) is 73.9 Å². The molecule has 1 heterocycles. The second-order valence-electron chi connectivity index (χ2n) is 11.7. The summed E-state index contributed by atoms with van der Waals surface area (Å²) in [5.41, 5.74) is 6.22. The molecule has 4 N–H and O–H groups in total. The number of hydrogen-bond donors (Lipinski definition) is 4. The molecule has 0 radical (unpaired) electrons. The van der Waals surface area contributed by atoms with Gasteiger partial charge < -0.3 is 25.4 Å². The number of nitrogens with one attached hydrogen (secondary N) is 3. The molecule has 1 aliphatic rings. The monoisotopic (exact) mass is 614 g/mol. The maximum atomic E-state index is 12.7. The molecular weight excluding hydrogens is 568 g/mol. The number of likely N-dealkylation sites (tertiary alicyclic amines) is 1. The summed E-state index contributed by atoms with van der Waals surface area (Å²) >= 11 is 0. The Bertz CT molecular complexity index is 1420. The average Bonchev–Trinajstić information content (AvgIpc) is 3.04. The number of para-hydroxylation sites is 1. The number of aliphatic hydroxyl groups excluding tert-OH is 1. The van der Waals surface area contributed by atoms with Gasteiger partial charge >= 0.3 is 6.09 Å². The van der Waals surface area contributed by atoms with Crippen LogP contribution in [0.2, 0.25) is 0 Å². The molecule has 1 aliphatic heterocycles. The molecule has 3 aromatic carbocycles. The molecule has 45 heavy (non-hydrogen) atoms. The van der Waals surface area contributed by atoms with Crippen LogP contribution in [0.5, 0.6) is 0 Å². The van der Waals surface area contributed by atoms with E-state index in [1.165, 1.54) is 0 Å². The van der Waals surface area contributed by atoms with E-state index in [-0.39, 0.29) is 24.5 Å². The number of piperidine rings is 1. The van der Waals surface area contributed by atoms with Crippen molar-refractivity contribution in [2.75, 3.05) is 36.8 Å². The van der Waals surface area contributed by atoms with E-state index in [2.05, 4.69) is 20.9 Å². The highest BCUT2D eigenvalue weighted by molar-refractivity contribution is 5.92. The number of benzene rings is 3. The van der Waals surface area contributed by atoms with Crippen LogP contribution in [0.15, 0.2) is 66.7 Å². The van der Waals surface area contributed by atoms with Gasteiger partial charge in [0.2, 0.25) is 11.8 Å². The highest BCUT2D eigenvalue weighted by atomic mass is 16.6. The van der Waals surface area contributed by atoms with E-state index < -0.39 is 6.09 Å². The van der Waals surface area contributed by atoms with Gasteiger partial charge in [-0.25, -0.2) is 4.79 Å². The zero-order chi connectivity index (χ0) is 32.0. The molecule has 0 atom stereocenters. The zero-order valence-electron chi connectivity index (χ0n) is 26.4. The number of aryl methyl sites for hydroxylation is 2. The minimum atomic E-state index is -0.449. The van der Waals surface area contributed by atoms with Crippen molar-refractivity contribution >= 4 is 29.3 Å². The number of nitrogens with zero attached hydrogens (tertiary/aromatic N) is 1. The Morgan fingerprint density at radius 3 is 2.31 bits per heavy atom. The Labute approximate surface area is 266 Å². The summed E-state index contributed by atoms with van der Waals surface area (Å²) in [4.78, 5) is 39.6. The Kier molecular flexibility index (Phi) is 13.0. The van der Waals surface area contributed by atoms with Gasteiger partial charge in [0, 0.05) is 50.3 Å². The van der Waals surface area contributed by atoms with Crippen LogP contribution in [0.25, 0.3) is 11.1 Å². The fourth-order valence-corrected chi connectivity index (χ4v) is 5.56. The van der Waals surface area contributed by atoms with E-state index in [1.807, 2.05) is 80.6 Å². The number of aliphatic hydroxyl groups is 1. The lowest BCUT2D eigenvalue weighted by atomic mass is 10.0. The summed E-state index contributed by atoms with van der Waals surface area (Å²) in [5, 5.41) is 18.3. The van der Waals surface area contributed by atoms with Gasteiger partial charge in [-0.1, -0.05) is 61.0 Å². The van der Waals surface area contributed by atoms with Crippen molar-refractivity contribution in [2.24, 2.45) is 0 Å². The summed E-state index contributed by atoms with van der Waals surface area (Å²) in [5.74, 6) is 0.00113. The van der Waals surface area contributed by atoms with Crippen molar-refractivity contribution < 1.29 is 24.2 Å². The molecule has 9 heteroatoms. The molecule has 1 fully saturated rings. The van der Waals surface area contributed by atoms with Crippen LogP contribution in [0, 0.1) is 13.8 Å². The first-order valence-electron chi connectivity index (χ1n) is 15.9. The maximum Gasteiger partial charge on any atom is 0.411 e. The molecule has 240 valence electrons. The summed E-state index contributed by atoms with van der Waals surface area (Å²) in [6.45, 7) is 6.65. The minimum absolute atomic E-state index is 0.0141. The van der Waals surface area contributed by atoms with Crippen LogP contribution in [0.4, 0.5) is 16.2 Å². The average molecular weight is 615 g/mol. The maximum absolute atomic E-state index is 12.7. The Morgan fingerprint density at radius 1 is 0.822 bits per heavy atom. The second-order valence-corrected chi connectivity index (χ2v) is 11.7. The van der Waals surface area contributed by atoms with Crippen molar-refractivity contribution in [1.82, 2.24) is 10.2 Å². The molecule has 0 saturated carbocycles. The van der Waals surface area contributed by atoms with Crippen molar-refractivity contribution in [1.29, 1.82) is 0 Å². The third-order valence-electron chi connectivity index (χ3n) is 8.24. The smallest absolute Gasteiger partial charge is 0.411 e. The van der Waals surface area contributed by atoms with E-state index in [4.69, 9.17) is 4.74 Å². The number of carbonyl (C=O) groups is 3. The first-order chi connectivity index (χ1) is 21.8. The molecule has 1 saturated heterocycles. The normalized spacial score (nSPS) is 13.7. The van der Waals surface area contributed by atoms with Crippen LogP contribution in [0.1, 0.15) is 61.6 Å². The lowest BCUT2D eigenvalue weighted by Gasteiger charge is -2.31. The molecule has 0 aromatic heterocycles. The molecule has 3 aromatic rings. The van der Waals surface area contributed by atoms with E-state index >= 15 is 0 Å². The molecule has 9 nitrogen and oxygen atoms in total. The van der Waals surface area contributed by atoms with Gasteiger partial charge in [-0.2, -0.15) is 0 Å². The fourth-order valence-electron chi connectivity index (χ4n) is 5.56. The van der Waals surface area contributed by atoms with Crippen LogP contribution >= 0.6 is 0 Å². The summed E-state index contributed by atoms with van der Waals surface area (Å²) < 4.78 is 5.72. The first-order valence-corrected chi connectivity index (χ1v) is 15.9. The number of hydrogen-bond acceptors (Lipinski definition) is 6. The van der Waals surface area contributed by atoms with E-state index in [1.54, 1.807) is 0 Å². The minimum Gasteiger partial charge on any atom is -0.446 e. The van der Waals surface area contributed by atoms with Gasteiger partial charge in [0.15, 0.2) is 0 Å². The predicted octanol–water partition coefficient (Wildman–Crippen LogP) is 6.18. The molecule has 0 unspecified atom stereocenters. The molecule has 4 rings (SSSR count).